The fourth-order valence-electron chi connectivity index (χ4n) is 1.49. The quantitative estimate of drug-likeness (QED) is 0.819. The van der Waals surface area contributed by atoms with Crippen molar-refractivity contribution in [3.05, 3.63) is 29.3 Å². The van der Waals surface area contributed by atoms with Gasteiger partial charge >= 0.3 is 0 Å². The molecule has 0 fully saturated rings. The van der Waals surface area contributed by atoms with E-state index in [-0.39, 0.29) is 23.4 Å². The molecule has 1 aromatic rings. The average molecular weight is 290 g/mol. The number of hydrogen-bond donors (Lipinski definition) is 2. The number of amides is 1. The van der Waals surface area contributed by atoms with Crippen molar-refractivity contribution in [1.82, 2.24) is 5.32 Å². The number of phenols is 1. The third kappa shape index (κ3) is 3.30. The molecule has 0 saturated heterocycles. The summed E-state index contributed by atoms with van der Waals surface area (Å²) < 4.78 is 0. The molecule has 0 atom stereocenters. The molecule has 0 bridgehead atoms. The number of aryl methyl sites for hydroxylation is 1. The first-order valence-electron chi connectivity index (χ1n) is 5.72. The van der Waals surface area contributed by atoms with E-state index in [9.17, 15) is 9.90 Å². The molecule has 0 unspecified atom stereocenters. The van der Waals surface area contributed by atoms with Crippen LogP contribution in [0.15, 0.2) is 18.2 Å². The molecule has 0 saturated carbocycles. The van der Waals surface area contributed by atoms with Crippen molar-refractivity contribution in [3.8, 4) is 5.75 Å². The van der Waals surface area contributed by atoms with Crippen molar-refractivity contribution in [2.24, 2.45) is 0 Å². The second-order valence-electron chi connectivity index (χ2n) is 4.36. The number of rotatable bonds is 5. The van der Waals surface area contributed by atoms with Gasteiger partial charge in [-0.15, -0.1) is 23.2 Å². The van der Waals surface area contributed by atoms with Gasteiger partial charge in [0.1, 0.15) is 5.75 Å². The second-order valence-corrected chi connectivity index (χ2v) is 4.89. The van der Waals surface area contributed by atoms with E-state index < -0.39 is 5.54 Å². The Morgan fingerprint density at radius 1 is 1.39 bits per heavy atom. The lowest BCUT2D eigenvalue weighted by atomic mass is 10.0. The Labute approximate surface area is 117 Å². The van der Waals surface area contributed by atoms with Gasteiger partial charge in [-0.3, -0.25) is 4.79 Å². The summed E-state index contributed by atoms with van der Waals surface area (Å²) in [6.45, 7) is 3.66. The van der Waals surface area contributed by atoms with Crippen LogP contribution in [0.5, 0.6) is 5.75 Å². The van der Waals surface area contributed by atoms with Gasteiger partial charge in [-0.25, -0.2) is 0 Å². The Bertz CT molecular complexity index is 423. The Morgan fingerprint density at radius 3 is 2.44 bits per heavy atom. The van der Waals surface area contributed by atoms with Crippen LogP contribution in [0.3, 0.4) is 0 Å². The van der Waals surface area contributed by atoms with Crippen LogP contribution in [-0.4, -0.2) is 28.3 Å². The highest BCUT2D eigenvalue weighted by atomic mass is 35.5. The third-order valence-electron chi connectivity index (χ3n) is 3.03. The smallest absolute Gasteiger partial charge is 0.251 e. The highest BCUT2D eigenvalue weighted by Gasteiger charge is 2.28. The van der Waals surface area contributed by atoms with Crippen molar-refractivity contribution in [1.29, 1.82) is 0 Å². The van der Waals surface area contributed by atoms with Crippen LogP contribution in [0.4, 0.5) is 0 Å². The summed E-state index contributed by atoms with van der Waals surface area (Å²) in [4.78, 5) is 12.1. The van der Waals surface area contributed by atoms with E-state index in [2.05, 4.69) is 5.32 Å². The molecule has 0 spiro atoms. The number of phenolic OH excluding ortho intramolecular Hbond substituents is 1. The molecule has 0 heterocycles. The van der Waals surface area contributed by atoms with Gasteiger partial charge < -0.3 is 10.4 Å². The predicted molar refractivity (Wildman–Crippen MR) is 74.8 cm³/mol. The Kier molecular flexibility index (Phi) is 5.29. The highest BCUT2D eigenvalue weighted by Crippen LogP contribution is 2.19. The molecule has 0 aromatic heterocycles. The van der Waals surface area contributed by atoms with E-state index >= 15 is 0 Å². The molecular formula is C13H17Cl2NO2. The maximum atomic E-state index is 12.1. The van der Waals surface area contributed by atoms with Crippen LogP contribution in [0.1, 0.15) is 29.3 Å². The largest absolute Gasteiger partial charge is 0.508 e. The van der Waals surface area contributed by atoms with E-state index in [0.717, 1.165) is 0 Å². The first-order valence-corrected chi connectivity index (χ1v) is 6.79. The number of benzene rings is 1. The summed E-state index contributed by atoms with van der Waals surface area (Å²) in [5.74, 6) is 0.454. The SMILES string of the molecule is CCC(CCl)(CCl)NC(=O)c1ccc(O)c(C)c1. The van der Waals surface area contributed by atoms with Gasteiger partial charge in [-0.2, -0.15) is 0 Å². The maximum absolute atomic E-state index is 12.1. The number of hydrogen-bond acceptors (Lipinski definition) is 2. The van der Waals surface area contributed by atoms with Crippen LogP contribution in [0.2, 0.25) is 0 Å². The molecule has 2 N–H and O–H groups in total. The second kappa shape index (κ2) is 6.30. The summed E-state index contributed by atoms with van der Waals surface area (Å²) >= 11 is 11.7. The van der Waals surface area contributed by atoms with Crippen molar-refractivity contribution in [2.45, 2.75) is 25.8 Å². The third-order valence-corrected chi connectivity index (χ3v) is 4.05. The normalized spacial score (nSPS) is 11.3. The molecule has 1 rings (SSSR count). The van der Waals surface area contributed by atoms with Gasteiger partial charge in [0.2, 0.25) is 0 Å². The minimum atomic E-state index is -0.591. The molecular weight excluding hydrogens is 273 g/mol. The molecule has 0 radical (unpaired) electrons. The molecule has 0 aliphatic heterocycles. The van der Waals surface area contributed by atoms with E-state index in [0.29, 0.717) is 17.5 Å². The fourth-order valence-corrected chi connectivity index (χ4v) is 2.29. The number of nitrogens with one attached hydrogen (secondary N) is 1. The summed E-state index contributed by atoms with van der Waals surface area (Å²) in [6, 6.07) is 4.70. The molecule has 0 aliphatic carbocycles. The number of halogens is 2. The van der Waals surface area contributed by atoms with Crippen molar-refractivity contribution >= 4 is 29.1 Å². The number of carbonyl (C=O) groups excluding carboxylic acids is 1. The minimum absolute atomic E-state index is 0.169. The molecule has 100 valence electrons. The van der Waals surface area contributed by atoms with Crippen LogP contribution in [-0.2, 0) is 0 Å². The van der Waals surface area contributed by atoms with Crippen LogP contribution in [0.25, 0.3) is 0 Å². The predicted octanol–water partition coefficient (Wildman–Crippen LogP) is 3.06. The molecule has 0 aliphatic rings. The van der Waals surface area contributed by atoms with Gasteiger partial charge in [0.15, 0.2) is 0 Å². The number of alkyl halides is 2. The van der Waals surface area contributed by atoms with Crippen molar-refractivity contribution in [2.75, 3.05) is 11.8 Å². The average Bonchev–Trinajstić information content (AvgIpc) is 2.39. The zero-order chi connectivity index (χ0) is 13.8. The van der Waals surface area contributed by atoms with Gasteiger partial charge in [-0.1, -0.05) is 6.92 Å². The Hall–Kier alpha value is -0.930. The maximum Gasteiger partial charge on any atom is 0.251 e. The first kappa shape index (κ1) is 15.1. The summed E-state index contributed by atoms with van der Waals surface area (Å²) in [6.07, 6.45) is 0.656. The fraction of sp³-hybridized carbons (Fsp3) is 0.462. The van der Waals surface area contributed by atoms with Crippen LogP contribution >= 0.6 is 23.2 Å². The zero-order valence-corrected chi connectivity index (χ0v) is 12.0. The first-order chi connectivity index (χ1) is 8.48. The summed E-state index contributed by atoms with van der Waals surface area (Å²) in [5, 5.41) is 12.3. The zero-order valence-electron chi connectivity index (χ0n) is 10.5. The van der Waals surface area contributed by atoms with E-state index in [1.165, 1.54) is 6.07 Å². The van der Waals surface area contributed by atoms with Crippen molar-refractivity contribution < 1.29 is 9.90 Å². The highest BCUT2D eigenvalue weighted by molar-refractivity contribution is 6.22. The lowest BCUT2D eigenvalue weighted by Crippen LogP contribution is -2.51. The van der Waals surface area contributed by atoms with Crippen LogP contribution < -0.4 is 5.32 Å². The Balaban J connectivity index is 2.90. The molecule has 5 heteroatoms. The van der Waals surface area contributed by atoms with E-state index in [4.69, 9.17) is 23.2 Å². The lowest BCUT2D eigenvalue weighted by molar-refractivity contribution is 0.0913. The molecule has 18 heavy (non-hydrogen) atoms. The van der Waals surface area contributed by atoms with E-state index in [1.54, 1.807) is 19.1 Å². The summed E-state index contributed by atoms with van der Waals surface area (Å²) in [5.41, 5.74) is 0.547. The standard InChI is InChI=1S/C13H17Cl2NO2/c1-3-13(7-14,8-15)16-12(18)10-4-5-11(17)9(2)6-10/h4-6,17H,3,7-8H2,1-2H3,(H,16,18). The molecule has 1 amide bonds. The molecule has 3 nitrogen and oxygen atoms in total. The van der Waals surface area contributed by atoms with E-state index in [1.807, 2.05) is 6.92 Å². The van der Waals surface area contributed by atoms with Gasteiger partial charge in [0, 0.05) is 17.3 Å². The summed E-state index contributed by atoms with van der Waals surface area (Å²) in [7, 11) is 0. The van der Waals surface area contributed by atoms with Gasteiger partial charge in [-0.05, 0) is 37.1 Å². The minimum Gasteiger partial charge on any atom is -0.508 e. The van der Waals surface area contributed by atoms with Crippen molar-refractivity contribution in [3.63, 3.8) is 0 Å². The topological polar surface area (TPSA) is 49.3 Å². The molecule has 1 aromatic carbocycles. The van der Waals surface area contributed by atoms with Gasteiger partial charge in [0.25, 0.3) is 5.91 Å². The lowest BCUT2D eigenvalue weighted by Gasteiger charge is -2.29. The van der Waals surface area contributed by atoms with Crippen LogP contribution in [0, 0.1) is 6.92 Å². The Morgan fingerprint density at radius 2 is 2.00 bits per heavy atom. The van der Waals surface area contributed by atoms with Gasteiger partial charge in [0.05, 0.1) is 5.54 Å². The number of aromatic hydroxyl groups is 1. The monoisotopic (exact) mass is 289 g/mol. The number of carbonyl (C=O) groups is 1.